The summed E-state index contributed by atoms with van der Waals surface area (Å²) in [6.07, 6.45) is 14.5. The molecule has 2 aliphatic heterocycles. The lowest BCUT2D eigenvalue weighted by atomic mass is 9.90. The zero-order valence-electron chi connectivity index (χ0n) is 18.7. The first-order chi connectivity index (χ1) is 15.3. The van der Waals surface area contributed by atoms with Gasteiger partial charge in [0.05, 0.1) is 12.2 Å². The van der Waals surface area contributed by atoms with Gasteiger partial charge >= 0.3 is 0 Å². The van der Waals surface area contributed by atoms with E-state index in [2.05, 4.69) is 12.2 Å². The summed E-state index contributed by atoms with van der Waals surface area (Å²) in [6.45, 7) is 2.47. The predicted octanol–water partition coefficient (Wildman–Crippen LogP) is 3.73. The van der Waals surface area contributed by atoms with Crippen LogP contribution in [0.4, 0.5) is 0 Å². The standard InChI is InChI=1S/C24H40O7/c25-13-12-19-20(22(17-21(19)26)31-24-11-5-8-16-29-24)9-3-1-2-6-14-27-18-30-23-10-4-7-15-28-23/h3,9,13,19-24,26H,1-2,4-8,10-12,14-18H2/t19?,20-,21+,22-,23?,24?/m1/s1. The Morgan fingerprint density at radius 2 is 1.77 bits per heavy atom. The van der Waals surface area contributed by atoms with Crippen molar-refractivity contribution >= 4 is 6.29 Å². The van der Waals surface area contributed by atoms with Gasteiger partial charge in [-0.3, -0.25) is 0 Å². The van der Waals surface area contributed by atoms with Crippen molar-refractivity contribution in [1.82, 2.24) is 0 Å². The number of hydrogen-bond donors (Lipinski definition) is 1. The van der Waals surface area contributed by atoms with E-state index in [0.29, 0.717) is 19.4 Å². The van der Waals surface area contributed by atoms with Crippen molar-refractivity contribution in [2.75, 3.05) is 26.6 Å². The molecule has 1 saturated carbocycles. The van der Waals surface area contributed by atoms with E-state index in [-0.39, 0.29) is 37.3 Å². The highest BCUT2D eigenvalue weighted by molar-refractivity contribution is 5.50. The van der Waals surface area contributed by atoms with Crippen molar-refractivity contribution in [1.29, 1.82) is 0 Å². The molecule has 1 aliphatic carbocycles. The Morgan fingerprint density at radius 1 is 1.00 bits per heavy atom. The molecular weight excluding hydrogens is 400 g/mol. The molecule has 3 unspecified atom stereocenters. The van der Waals surface area contributed by atoms with Crippen molar-refractivity contribution < 1.29 is 33.6 Å². The number of rotatable bonds is 13. The average molecular weight is 441 g/mol. The van der Waals surface area contributed by atoms with Gasteiger partial charge in [0.1, 0.15) is 13.1 Å². The van der Waals surface area contributed by atoms with Crippen LogP contribution in [0.2, 0.25) is 0 Å². The molecule has 31 heavy (non-hydrogen) atoms. The van der Waals surface area contributed by atoms with Gasteiger partial charge in [-0.2, -0.15) is 0 Å². The van der Waals surface area contributed by atoms with E-state index in [1.807, 2.05) is 0 Å². The Labute approximate surface area is 186 Å². The lowest BCUT2D eigenvalue weighted by Crippen LogP contribution is -2.30. The van der Waals surface area contributed by atoms with Gasteiger partial charge in [-0.15, -0.1) is 0 Å². The van der Waals surface area contributed by atoms with Crippen LogP contribution in [0.5, 0.6) is 0 Å². The topological polar surface area (TPSA) is 83.5 Å². The van der Waals surface area contributed by atoms with Gasteiger partial charge in [-0.05, 0) is 57.8 Å². The molecule has 0 radical (unpaired) electrons. The Hall–Kier alpha value is -0.830. The Morgan fingerprint density at radius 3 is 2.48 bits per heavy atom. The molecule has 2 heterocycles. The summed E-state index contributed by atoms with van der Waals surface area (Å²) in [7, 11) is 0. The molecule has 0 aromatic carbocycles. The number of carbonyl (C=O) groups is 1. The zero-order chi connectivity index (χ0) is 21.7. The highest BCUT2D eigenvalue weighted by Gasteiger charge is 2.42. The second-order valence-electron chi connectivity index (χ2n) is 8.83. The SMILES string of the molecule is O=CCC1[C@@H](C=CCCCCOCOC2CCCCO2)[C@H](OC2CCCCO2)C[C@@H]1O. The minimum Gasteiger partial charge on any atom is -0.393 e. The number of aldehydes is 1. The number of aliphatic hydroxyl groups excluding tert-OH is 1. The van der Waals surface area contributed by atoms with Crippen LogP contribution in [0.1, 0.15) is 70.6 Å². The number of unbranched alkanes of at least 4 members (excludes halogenated alkanes) is 2. The van der Waals surface area contributed by atoms with Gasteiger partial charge in [0.2, 0.25) is 0 Å². The second-order valence-corrected chi connectivity index (χ2v) is 8.83. The van der Waals surface area contributed by atoms with Crippen molar-refractivity contribution in [3.63, 3.8) is 0 Å². The first-order valence-electron chi connectivity index (χ1n) is 12.1. The van der Waals surface area contributed by atoms with Gasteiger partial charge in [0, 0.05) is 44.5 Å². The number of allylic oxidation sites excluding steroid dienone is 1. The first-order valence-corrected chi connectivity index (χ1v) is 12.1. The minimum absolute atomic E-state index is 0.0471. The molecule has 0 spiro atoms. The molecule has 1 N–H and O–H groups in total. The molecule has 0 bridgehead atoms. The maximum Gasteiger partial charge on any atom is 0.160 e. The third kappa shape index (κ3) is 8.56. The summed E-state index contributed by atoms with van der Waals surface area (Å²) in [5.74, 6) is -0.0318. The number of hydrogen-bond acceptors (Lipinski definition) is 7. The fraction of sp³-hybridized carbons (Fsp3) is 0.875. The van der Waals surface area contributed by atoms with Gasteiger partial charge in [-0.1, -0.05) is 12.2 Å². The van der Waals surface area contributed by atoms with Crippen molar-refractivity contribution in [3.05, 3.63) is 12.2 Å². The molecule has 6 atom stereocenters. The van der Waals surface area contributed by atoms with Crippen molar-refractivity contribution in [2.45, 2.75) is 95.4 Å². The predicted molar refractivity (Wildman–Crippen MR) is 115 cm³/mol. The summed E-state index contributed by atoms with van der Waals surface area (Å²) in [6, 6.07) is 0. The smallest absolute Gasteiger partial charge is 0.160 e. The average Bonchev–Trinajstić information content (AvgIpc) is 3.08. The quantitative estimate of drug-likeness (QED) is 0.202. The van der Waals surface area contributed by atoms with Gasteiger partial charge in [-0.25, -0.2) is 0 Å². The maximum atomic E-state index is 11.1. The van der Waals surface area contributed by atoms with Crippen LogP contribution < -0.4 is 0 Å². The molecule has 7 nitrogen and oxygen atoms in total. The molecule has 7 heteroatoms. The van der Waals surface area contributed by atoms with Gasteiger partial charge < -0.3 is 33.6 Å². The lowest BCUT2D eigenvalue weighted by Gasteiger charge is -2.28. The van der Waals surface area contributed by atoms with Crippen LogP contribution in [-0.2, 0) is 28.5 Å². The lowest BCUT2D eigenvalue weighted by molar-refractivity contribution is -0.208. The van der Waals surface area contributed by atoms with Crippen molar-refractivity contribution in [2.24, 2.45) is 11.8 Å². The minimum atomic E-state index is -0.505. The first kappa shape index (κ1) is 24.8. The third-order valence-corrected chi connectivity index (χ3v) is 6.47. The van der Waals surface area contributed by atoms with Gasteiger partial charge in [0.25, 0.3) is 0 Å². The molecule has 178 valence electrons. The van der Waals surface area contributed by atoms with Gasteiger partial charge in [0.15, 0.2) is 12.6 Å². The monoisotopic (exact) mass is 440 g/mol. The van der Waals surface area contributed by atoms with Crippen LogP contribution in [0, 0.1) is 11.8 Å². The van der Waals surface area contributed by atoms with E-state index in [1.165, 1.54) is 0 Å². The second kappa shape index (κ2) is 14.3. The van der Waals surface area contributed by atoms with Crippen LogP contribution in [0.3, 0.4) is 0 Å². The molecule has 3 aliphatic rings. The number of ether oxygens (including phenoxy) is 5. The fourth-order valence-corrected chi connectivity index (χ4v) is 4.70. The molecule has 2 saturated heterocycles. The van der Waals surface area contributed by atoms with Crippen molar-refractivity contribution in [3.8, 4) is 0 Å². The van der Waals surface area contributed by atoms with Crippen LogP contribution in [0.15, 0.2) is 12.2 Å². The largest absolute Gasteiger partial charge is 0.393 e. The normalized spacial score (nSPS) is 34.4. The molecule has 0 aromatic rings. The summed E-state index contributed by atoms with van der Waals surface area (Å²) in [5.41, 5.74) is 0. The number of aliphatic hydroxyl groups is 1. The Kier molecular flexibility index (Phi) is 11.5. The molecule has 0 aromatic heterocycles. The van der Waals surface area contributed by atoms with E-state index >= 15 is 0 Å². The molecular formula is C24H40O7. The zero-order valence-corrected chi connectivity index (χ0v) is 18.7. The third-order valence-electron chi connectivity index (χ3n) is 6.47. The number of carbonyl (C=O) groups excluding carboxylic acids is 1. The summed E-state index contributed by atoms with van der Waals surface area (Å²) in [5, 5.41) is 10.5. The summed E-state index contributed by atoms with van der Waals surface area (Å²) < 4.78 is 28.5. The van der Waals surface area contributed by atoms with E-state index in [0.717, 1.165) is 77.3 Å². The maximum absolute atomic E-state index is 11.1. The summed E-state index contributed by atoms with van der Waals surface area (Å²) in [4.78, 5) is 11.1. The fourth-order valence-electron chi connectivity index (χ4n) is 4.70. The van der Waals surface area contributed by atoms with Crippen LogP contribution in [-0.4, -0.2) is 62.8 Å². The van der Waals surface area contributed by atoms with E-state index < -0.39 is 6.10 Å². The van der Waals surface area contributed by atoms with Crippen LogP contribution in [0.25, 0.3) is 0 Å². The van der Waals surface area contributed by atoms with E-state index in [9.17, 15) is 9.90 Å². The molecule has 0 amide bonds. The van der Waals surface area contributed by atoms with E-state index in [1.54, 1.807) is 0 Å². The van der Waals surface area contributed by atoms with Crippen LogP contribution >= 0.6 is 0 Å². The molecule has 3 rings (SSSR count). The summed E-state index contributed by atoms with van der Waals surface area (Å²) >= 11 is 0. The highest BCUT2D eigenvalue weighted by Crippen LogP contribution is 2.38. The molecule has 3 fully saturated rings. The highest BCUT2D eigenvalue weighted by atomic mass is 16.7. The van der Waals surface area contributed by atoms with E-state index in [4.69, 9.17) is 23.7 Å². The Balaban J connectivity index is 1.33. The Bertz CT molecular complexity index is 514.